The molecule has 0 atom stereocenters. The molecule has 0 saturated carbocycles. The van der Waals surface area contributed by atoms with Gasteiger partial charge in [-0.2, -0.15) is 13.2 Å². The van der Waals surface area contributed by atoms with E-state index in [2.05, 4.69) is 15.9 Å². The molecule has 0 spiro atoms. The Morgan fingerprint density at radius 2 is 1.83 bits per heavy atom. The number of nitrogens with one attached hydrogen (secondary N) is 1. The summed E-state index contributed by atoms with van der Waals surface area (Å²) in [6, 6.07) is 1.69. The molecular weight excluding hydrogens is 326 g/mol. The molecule has 98 valence electrons. The average molecular weight is 330 g/mol. The Balaban J connectivity index is 3.18. The lowest BCUT2D eigenvalue weighted by Gasteiger charge is -2.10. The van der Waals surface area contributed by atoms with Crippen LogP contribution in [0.5, 0.6) is 0 Å². The van der Waals surface area contributed by atoms with Crippen molar-refractivity contribution in [3.63, 3.8) is 0 Å². The van der Waals surface area contributed by atoms with Crippen LogP contribution in [0.2, 0.25) is 0 Å². The Morgan fingerprint density at radius 3 is 2.28 bits per heavy atom. The molecule has 0 aliphatic carbocycles. The van der Waals surface area contributed by atoms with Gasteiger partial charge in [-0.1, -0.05) is 15.9 Å². The molecule has 1 aromatic carbocycles. The van der Waals surface area contributed by atoms with Gasteiger partial charge in [0, 0.05) is 4.47 Å². The van der Waals surface area contributed by atoms with E-state index in [0.717, 1.165) is 12.1 Å². The van der Waals surface area contributed by atoms with Crippen LogP contribution in [-0.2, 0) is 4.79 Å². The third-order valence-corrected chi connectivity index (χ3v) is 2.23. The van der Waals surface area contributed by atoms with Gasteiger partial charge in [-0.15, -0.1) is 0 Å². The highest BCUT2D eigenvalue weighted by Gasteiger charge is 2.39. The van der Waals surface area contributed by atoms with Crippen molar-refractivity contribution in [1.29, 1.82) is 0 Å². The van der Waals surface area contributed by atoms with Crippen LogP contribution in [0.4, 0.5) is 23.2 Å². The number of amides is 1. The molecule has 0 saturated heterocycles. The van der Waals surface area contributed by atoms with Gasteiger partial charge in [0.1, 0.15) is 0 Å². The van der Waals surface area contributed by atoms with E-state index in [0.29, 0.717) is 0 Å². The molecule has 0 radical (unpaired) electrons. The number of carboxylic acids is 1. The first-order chi connectivity index (χ1) is 8.12. The van der Waals surface area contributed by atoms with Gasteiger partial charge in [-0.25, -0.2) is 9.18 Å². The minimum Gasteiger partial charge on any atom is -0.478 e. The summed E-state index contributed by atoms with van der Waals surface area (Å²) < 4.78 is 49.4. The molecule has 0 aliphatic rings. The fraction of sp³-hybridized carbons (Fsp3) is 0.111. The van der Waals surface area contributed by atoms with Gasteiger partial charge >= 0.3 is 18.1 Å². The minimum atomic E-state index is -5.20. The zero-order valence-electron chi connectivity index (χ0n) is 8.31. The van der Waals surface area contributed by atoms with Gasteiger partial charge in [0.15, 0.2) is 5.82 Å². The number of halogens is 5. The van der Waals surface area contributed by atoms with E-state index in [1.165, 1.54) is 5.32 Å². The fourth-order valence-electron chi connectivity index (χ4n) is 1.03. The number of benzene rings is 1. The lowest BCUT2D eigenvalue weighted by atomic mass is 10.2. The van der Waals surface area contributed by atoms with Crippen molar-refractivity contribution in [2.24, 2.45) is 0 Å². The van der Waals surface area contributed by atoms with Gasteiger partial charge < -0.3 is 10.4 Å². The number of rotatable bonds is 2. The molecule has 4 nitrogen and oxygen atoms in total. The zero-order chi connectivity index (χ0) is 14.1. The second-order valence-electron chi connectivity index (χ2n) is 3.07. The first-order valence-corrected chi connectivity index (χ1v) is 5.02. The predicted molar refractivity (Wildman–Crippen MR) is 55.7 cm³/mol. The standard InChI is InChI=1S/C9H4BrF4NO3/c10-3-1-4(7(16)17)6(11)5(2-3)15-8(18)9(12,13)14/h1-2H,(H,15,18)(H,16,17). The molecule has 0 fully saturated rings. The normalized spacial score (nSPS) is 11.2. The van der Waals surface area contributed by atoms with Crippen molar-refractivity contribution in [2.45, 2.75) is 6.18 Å². The van der Waals surface area contributed by atoms with Gasteiger partial charge in [-0.05, 0) is 12.1 Å². The average Bonchev–Trinajstić information content (AvgIpc) is 2.21. The highest BCUT2D eigenvalue weighted by Crippen LogP contribution is 2.26. The van der Waals surface area contributed by atoms with E-state index in [1.54, 1.807) is 0 Å². The Kier molecular flexibility index (Phi) is 3.95. The lowest BCUT2D eigenvalue weighted by molar-refractivity contribution is -0.167. The van der Waals surface area contributed by atoms with E-state index in [9.17, 15) is 27.2 Å². The first kappa shape index (κ1) is 14.4. The van der Waals surface area contributed by atoms with E-state index >= 15 is 0 Å². The van der Waals surface area contributed by atoms with Crippen molar-refractivity contribution in [3.05, 3.63) is 28.0 Å². The van der Waals surface area contributed by atoms with Crippen LogP contribution < -0.4 is 5.32 Å². The molecular formula is C9H4BrF4NO3. The van der Waals surface area contributed by atoms with Crippen LogP contribution in [0.15, 0.2) is 16.6 Å². The second kappa shape index (κ2) is 4.92. The molecule has 0 bridgehead atoms. The summed E-state index contributed by atoms with van der Waals surface area (Å²) in [6.07, 6.45) is -5.20. The quantitative estimate of drug-likeness (QED) is 0.820. The van der Waals surface area contributed by atoms with Gasteiger partial charge in [-0.3, -0.25) is 4.79 Å². The Labute approximate surface area is 106 Å². The monoisotopic (exact) mass is 329 g/mol. The summed E-state index contributed by atoms with van der Waals surface area (Å²) in [6.45, 7) is 0. The van der Waals surface area contributed by atoms with Gasteiger partial charge in [0.05, 0.1) is 11.3 Å². The number of carbonyl (C=O) groups excluding carboxylic acids is 1. The molecule has 0 aromatic heterocycles. The van der Waals surface area contributed by atoms with E-state index < -0.39 is 35.1 Å². The first-order valence-electron chi connectivity index (χ1n) is 4.23. The number of aromatic carboxylic acids is 1. The highest BCUT2D eigenvalue weighted by atomic mass is 79.9. The molecule has 1 rings (SSSR count). The van der Waals surface area contributed by atoms with Gasteiger partial charge in [0.25, 0.3) is 0 Å². The van der Waals surface area contributed by atoms with Crippen molar-refractivity contribution >= 4 is 33.5 Å². The lowest BCUT2D eigenvalue weighted by Crippen LogP contribution is -2.30. The van der Waals surface area contributed by atoms with Crippen LogP contribution >= 0.6 is 15.9 Å². The van der Waals surface area contributed by atoms with Crippen LogP contribution in [0.1, 0.15) is 10.4 Å². The van der Waals surface area contributed by atoms with Crippen molar-refractivity contribution in [3.8, 4) is 0 Å². The number of carbonyl (C=O) groups is 2. The molecule has 0 unspecified atom stereocenters. The molecule has 2 N–H and O–H groups in total. The predicted octanol–water partition coefficient (Wildman–Crippen LogP) is 2.79. The largest absolute Gasteiger partial charge is 0.478 e. The molecule has 0 aliphatic heterocycles. The fourth-order valence-corrected chi connectivity index (χ4v) is 1.49. The van der Waals surface area contributed by atoms with Crippen LogP contribution in [-0.4, -0.2) is 23.2 Å². The SMILES string of the molecule is O=C(O)c1cc(Br)cc(NC(=O)C(F)(F)F)c1F. The van der Waals surface area contributed by atoms with E-state index in [-0.39, 0.29) is 4.47 Å². The number of carboxylic acid groups (broad SMARTS) is 1. The zero-order valence-corrected chi connectivity index (χ0v) is 9.89. The summed E-state index contributed by atoms with van der Waals surface area (Å²) in [4.78, 5) is 21.2. The van der Waals surface area contributed by atoms with Crippen LogP contribution in [0, 0.1) is 5.82 Å². The van der Waals surface area contributed by atoms with Crippen LogP contribution in [0.3, 0.4) is 0 Å². The number of alkyl halides is 3. The maximum Gasteiger partial charge on any atom is 0.471 e. The summed E-state index contributed by atoms with van der Waals surface area (Å²) in [5.74, 6) is -5.52. The van der Waals surface area contributed by atoms with E-state index in [1.807, 2.05) is 0 Å². The summed E-state index contributed by atoms with van der Waals surface area (Å²) in [5, 5.41) is 9.87. The molecule has 9 heteroatoms. The number of hydrogen-bond donors (Lipinski definition) is 2. The van der Waals surface area contributed by atoms with Crippen molar-refractivity contribution < 1.29 is 32.3 Å². The Bertz CT molecular complexity index is 515. The van der Waals surface area contributed by atoms with E-state index in [4.69, 9.17) is 5.11 Å². The molecule has 1 amide bonds. The minimum absolute atomic E-state index is 0.0128. The maximum atomic E-state index is 13.5. The van der Waals surface area contributed by atoms with Crippen molar-refractivity contribution in [1.82, 2.24) is 0 Å². The Morgan fingerprint density at radius 1 is 1.28 bits per heavy atom. The van der Waals surface area contributed by atoms with Crippen LogP contribution in [0.25, 0.3) is 0 Å². The smallest absolute Gasteiger partial charge is 0.471 e. The summed E-state index contributed by atoms with van der Waals surface area (Å²) in [7, 11) is 0. The second-order valence-corrected chi connectivity index (χ2v) is 3.99. The summed E-state index contributed by atoms with van der Waals surface area (Å²) in [5.41, 5.74) is -1.73. The highest BCUT2D eigenvalue weighted by molar-refractivity contribution is 9.10. The Hall–Kier alpha value is -1.64. The maximum absolute atomic E-state index is 13.5. The van der Waals surface area contributed by atoms with Crippen molar-refractivity contribution in [2.75, 3.05) is 5.32 Å². The van der Waals surface area contributed by atoms with Gasteiger partial charge in [0.2, 0.25) is 0 Å². The summed E-state index contributed by atoms with van der Waals surface area (Å²) >= 11 is 2.79. The molecule has 1 aromatic rings. The third kappa shape index (κ3) is 3.19. The molecule has 18 heavy (non-hydrogen) atoms. The topological polar surface area (TPSA) is 66.4 Å². The third-order valence-electron chi connectivity index (χ3n) is 1.77. The number of hydrogen-bond acceptors (Lipinski definition) is 2. The molecule has 0 heterocycles. The number of anilines is 1.